The number of hydrogen-bond acceptors (Lipinski definition) is 3. The highest BCUT2D eigenvalue weighted by molar-refractivity contribution is 5.76. The number of hydrogen-bond donors (Lipinski definition) is 3. The topological polar surface area (TPSA) is 61.4 Å². The fourth-order valence-electron chi connectivity index (χ4n) is 0.997. The third kappa shape index (κ3) is 9.48. The molecule has 14 heavy (non-hydrogen) atoms. The molecular formula is C10H22N2O2. The second-order valence-electron chi connectivity index (χ2n) is 4.39. The van der Waals surface area contributed by atoms with E-state index in [1.807, 2.05) is 0 Å². The summed E-state index contributed by atoms with van der Waals surface area (Å²) in [7, 11) is 0. The van der Waals surface area contributed by atoms with Gasteiger partial charge in [0.25, 0.3) is 0 Å². The van der Waals surface area contributed by atoms with Crippen LogP contribution >= 0.6 is 0 Å². The zero-order valence-electron chi connectivity index (χ0n) is 9.39. The van der Waals surface area contributed by atoms with Crippen molar-refractivity contribution >= 4 is 5.91 Å². The summed E-state index contributed by atoms with van der Waals surface area (Å²) in [6.07, 6.45) is 1.97. The predicted octanol–water partition coefficient (Wildman–Crippen LogP) is 0.263. The average molecular weight is 202 g/mol. The highest BCUT2D eigenvalue weighted by Crippen LogP contribution is 1.98. The second kappa shape index (κ2) is 6.79. The molecule has 0 fully saturated rings. The van der Waals surface area contributed by atoms with Crippen molar-refractivity contribution in [1.82, 2.24) is 10.6 Å². The van der Waals surface area contributed by atoms with Gasteiger partial charge in [0.1, 0.15) is 6.61 Å². The maximum atomic E-state index is 10.6. The Morgan fingerprint density at radius 1 is 1.21 bits per heavy atom. The van der Waals surface area contributed by atoms with Gasteiger partial charge >= 0.3 is 0 Å². The molecule has 0 aromatic heterocycles. The molecule has 3 N–H and O–H groups in total. The molecule has 0 radical (unpaired) electrons. The van der Waals surface area contributed by atoms with Gasteiger partial charge in [-0.25, -0.2) is 0 Å². The number of aliphatic hydroxyl groups excluding tert-OH is 1. The molecule has 0 spiro atoms. The summed E-state index contributed by atoms with van der Waals surface area (Å²) >= 11 is 0. The molecule has 0 unspecified atom stereocenters. The number of nitrogens with one attached hydrogen (secondary N) is 2. The number of unbranched alkanes of at least 4 members (excludes halogenated alkanes) is 1. The SMILES string of the molecule is CC(C)(C)NCCCCNC(=O)CO. The molecular weight excluding hydrogens is 180 g/mol. The Balaban J connectivity index is 3.18. The lowest BCUT2D eigenvalue weighted by Gasteiger charge is -2.20. The fraction of sp³-hybridized carbons (Fsp3) is 0.900. The Labute approximate surface area is 86.1 Å². The van der Waals surface area contributed by atoms with E-state index in [4.69, 9.17) is 5.11 Å². The van der Waals surface area contributed by atoms with Gasteiger partial charge in [-0.15, -0.1) is 0 Å². The van der Waals surface area contributed by atoms with Crippen molar-refractivity contribution < 1.29 is 9.90 Å². The first-order chi connectivity index (χ1) is 6.45. The highest BCUT2D eigenvalue weighted by Gasteiger charge is 2.06. The van der Waals surface area contributed by atoms with Crippen LogP contribution in [-0.4, -0.2) is 36.2 Å². The maximum Gasteiger partial charge on any atom is 0.245 e. The van der Waals surface area contributed by atoms with Crippen molar-refractivity contribution in [3.05, 3.63) is 0 Å². The van der Waals surface area contributed by atoms with E-state index in [1.54, 1.807) is 0 Å². The fourth-order valence-corrected chi connectivity index (χ4v) is 0.997. The lowest BCUT2D eigenvalue weighted by Crippen LogP contribution is -2.36. The number of amides is 1. The van der Waals surface area contributed by atoms with Gasteiger partial charge in [0.05, 0.1) is 0 Å². The lowest BCUT2D eigenvalue weighted by atomic mass is 10.1. The summed E-state index contributed by atoms with van der Waals surface area (Å²) in [5.74, 6) is -0.297. The molecule has 0 heterocycles. The van der Waals surface area contributed by atoms with Gasteiger partial charge < -0.3 is 15.7 Å². The number of carbonyl (C=O) groups excluding carboxylic acids is 1. The molecule has 0 aliphatic rings. The van der Waals surface area contributed by atoms with E-state index < -0.39 is 6.61 Å². The number of aliphatic hydroxyl groups is 1. The third-order valence-corrected chi connectivity index (χ3v) is 1.72. The van der Waals surface area contributed by atoms with Crippen LogP contribution in [0.5, 0.6) is 0 Å². The van der Waals surface area contributed by atoms with Crippen molar-refractivity contribution in [2.24, 2.45) is 0 Å². The van der Waals surface area contributed by atoms with Crippen LogP contribution in [0.25, 0.3) is 0 Å². The van der Waals surface area contributed by atoms with Gasteiger partial charge in [0.15, 0.2) is 0 Å². The van der Waals surface area contributed by atoms with Crippen molar-refractivity contribution in [1.29, 1.82) is 0 Å². The Morgan fingerprint density at radius 3 is 2.29 bits per heavy atom. The van der Waals surface area contributed by atoms with Gasteiger partial charge in [-0.2, -0.15) is 0 Å². The summed E-state index contributed by atoms with van der Waals surface area (Å²) in [6.45, 7) is 7.56. The summed E-state index contributed by atoms with van der Waals surface area (Å²) < 4.78 is 0. The Kier molecular flexibility index (Phi) is 6.49. The van der Waals surface area contributed by atoms with E-state index in [-0.39, 0.29) is 11.4 Å². The number of carbonyl (C=O) groups is 1. The second-order valence-corrected chi connectivity index (χ2v) is 4.39. The molecule has 4 heteroatoms. The van der Waals surface area contributed by atoms with Crippen LogP contribution in [0.1, 0.15) is 33.6 Å². The van der Waals surface area contributed by atoms with Crippen molar-refractivity contribution in [2.75, 3.05) is 19.7 Å². The molecule has 0 aromatic carbocycles. The van der Waals surface area contributed by atoms with E-state index in [2.05, 4.69) is 31.4 Å². The van der Waals surface area contributed by atoms with Crippen molar-refractivity contribution in [3.63, 3.8) is 0 Å². The standard InChI is InChI=1S/C10H22N2O2/c1-10(2,3)12-7-5-4-6-11-9(14)8-13/h12-13H,4-8H2,1-3H3,(H,11,14). The van der Waals surface area contributed by atoms with E-state index in [1.165, 1.54) is 0 Å². The Morgan fingerprint density at radius 2 is 1.79 bits per heavy atom. The molecule has 0 rings (SSSR count). The Hall–Kier alpha value is -0.610. The van der Waals surface area contributed by atoms with Gasteiger partial charge in [-0.3, -0.25) is 4.79 Å². The molecule has 0 atom stereocenters. The van der Waals surface area contributed by atoms with Gasteiger partial charge in [0.2, 0.25) is 5.91 Å². The lowest BCUT2D eigenvalue weighted by molar-refractivity contribution is -0.123. The van der Waals surface area contributed by atoms with Crippen LogP contribution < -0.4 is 10.6 Å². The normalized spacial score (nSPS) is 11.4. The van der Waals surface area contributed by atoms with Crippen molar-refractivity contribution in [2.45, 2.75) is 39.2 Å². The van der Waals surface area contributed by atoms with Crippen LogP contribution in [0.2, 0.25) is 0 Å². The maximum absolute atomic E-state index is 10.6. The Bertz CT molecular complexity index is 164. The van der Waals surface area contributed by atoms with Gasteiger partial charge in [-0.1, -0.05) is 0 Å². The molecule has 0 aliphatic heterocycles. The van der Waals surface area contributed by atoms with Crippen LogP contribution in [0.3, 0.4) is 0 Å². The summed E-state index contributed by atoms with van der Waals surface area (Å²) in [5, 5.41) is 14.4. The third-order valence-electron chi connectivity index (χ3n) is 1.72. The first-order valence-electron chi connectivity index (χ1n) is 5.08. The van der Waals surface area contributed by atoms with Crippen LogP contribution in [0.4, 0.5) is 0 Å². The minimum atomic E-state index is -0.416. The first-order valence-corrected chi connectivity index (χ1v) is 5.08. The highest BCUT2D eigenvalue weighted by atomic mass is 16.3. The quantitative estimate of drug-likeness (QED) is 0.542. The minimum Gasteiger partial charge on any atom is -0.387 e. The molecule has 1 amide bonds. The largest absolute Gasteiger partial charge is 0.387 e. The minimum absolute atomic E-state index is 0.161. The molecule has 0 bridgehead atoms. The predicted molar refractivity (Wildman–Crippen MR) is 57.1 cm³/mol. The van der Waals surface area contributed by atoms with Crippen LogP contribution in [-0.2, 0) is 4.79 Å². The molecule has 0 aliphatic carbocycles. The summed E-state index contributed by atoms with van der Waals surface area (Å²) in [6, 6.07) is 0. The van der Waals surface area contributed by atoms with Crippen LogP contribution in [0.15, 0.2) is 0 Å². The zero-order valence-corrected chi connectivity index (χ0v) is 9.39. The summed E-state index contributed by atoms with van der Waals surface area (Å²) in [4.78, 5) is 10.6. The first kappa shape index (κ1) is 13.4. The van der Waals surface area contributed by atoms with Crippen molar-refractivity contribution in [3.8, 4) is 0 Å². The monoisotopic (exact) mass is 202 g/mol. The average Bonchev–Trinajstić information content (AvgIpc) is 2.08. The van der Waals surface area contributed by atoms with E-state index >= 15 is 0 Å². The molecule has 0 saturated heterocycles. The van der Waals surface area contributed by atoms with E-state index in [9.17, 15) is 4.79 Å². The molecule has 0 saturated carbocycles. The molecule has 0 aromatic rings. The summed E-state index contributed by atoms with van der Waals surface area (Å²) in [5.41, 5.74) is 0.161. The molecule has 84 valence electrons. The molecule has 4 nitrogen and oxygen atoms in total. The number of rotatable bonds is 6. The van der Waals surface area contributed by atoms with E-state index in [0.717, 1.165) is 19.4 Å². The zero-order chi connectivity index (χ0) is 11.0. The van der Waals surface area contributed by atoms with Gasteiger partial charge in [0, 0.05) is 12.1 Å². The van der Waals surface area contributed by atoms with Crippen LogP contribution in [0, 0.1) is 0 Å². The van der Waals surface area contributed by atoms with E-state index in [0.29, 0.717) is 6.54 Å². The van der Waals surface area contributed by atoms with Gasteiger partial charge in [-0.05, 0) is 40.2 Å². The smallest absolute Gasteiger partial charge is 0.245 e.